The minimum absolute atomic E-state index is 0.0556. The summed E-state index contributed by atoms with van der Waals surface area (Å²) in [5.41, 5.74) is 5.22. The van der Waals surface area contributed by atoms with Crippen molar-refractivity contribution in [3.63, 3.8) is 0 Å². The van der Waals surface area contributed by atoms with Gasteiger partial charge in [0.1, 0.15) is 0 Å². The highest BCUT2D eigenvalue weighted by molar-refractivity contribution is 5.78. The summed E-state index contributed by atoms with van der Waals surface area (Å²) in [7, 11) is 4.12. The first-order chi connectivity index (χ1) is 4.54. The zero-order chi connectivity index (χ0) is 7.78. The van der Waals surface area contributed by atoms with E-state index < -0.39 is 0 Å². The van der Waals surface area contributed by atoms with Crippen molar-refractivity contribution in [2.24, 2.45) is 5.73 Å². The average Bonchev–Trinajstić information content (AvgIpc) is 2.08. The Hall–Kier alpha value is -0.570. The Morgan fingerprint density at radius 2 is 2.20 bits per heavy atom. The topological polar surface area (TPSA) is 43.1 Å². The maximum absolute atomic E-state index is 10.8. The van der Waals surface area contributed by atoms with Gasteiger partial charge in [-0.15, -0.1) is 0 Å². The van der Waals surface area contributed by atoms with Crippen molar-refractivity contribution in [1.29, 1.82) is 0 Å². The Morgan fingerprint density at radius 3 is 2.40 bits per heavy atom. The molecule has 0 aliphatic carbocycles. The highest BCUT2D eigenvalue weighted by atomic mass is 16.1. The number of nitrogens with two attached hydrogens (primary N) is 1. The molecule has 58 valence electrons. The van der Waals surface area contributed by atoms with Gasteiger partial charge in [-0.2, -0.15) is 0 Å². The summed E-state index contributed by atoms with van der Waals surface area (Å²) in [5.74, 6) is -0.150. The fourth-order valence-electron chi connectivity index (χ4n) is 1.68. The van der Waals surface area contributed by atoms with Crippen LogP contribution in [0.15, 0.2) is 0 Å². The van der Waals surface area contributed by atoms with Crippen LogP contribution in [0, 0.1) is 0 Å². The zero-order valence-corrected chi connectivity index (χ0v) is 6.63. The molecule has 1 aliphatic rings. The highest BCUT2D eigenvalue weighted by Gasteiger charge is 2.37. The smallest absolute Gasteiger partial charge is 0.275 e. The van der Waals surface area contributed by atoms with Crippen LogP contribution < -0.4 is 5.73 Å². The van der Waals surface area contributed by atoms with Gasteiger partial charge < -0.3 is 10.2 Å². The minimum atomic E-state index is -0.150. The van der Waals surface area contributed by atoms with E-state index in [2.05, 4.69) is 14.1 Å². The van der Waals surface area contributed by atoms with Crippen molar-refractivity contribution in [1.82, 2.24) is 0 Å². The predicted octanol–water partition coefficient (Wildman–Crippen LogP) is -0.290. The highest BCUT2D eigenvalue weighted by Crippen LogP contribution is 2.21. The third-order valence-corrected chi connectivity index (χ3v) is 2.38. The lowest BCUT2D eigenvalue weighted by atomic mass is 10.2. The SMILES string of the molecule is C[N+]1(C)CCCC1C(N)=O. The molecule has 2 N–H and O–H groups in total. The zero-order valence-electron chi connectivity index (χ0n) is 6.63. The maximum atomic E-state index is 10.8. The molecule has 1 unspecified atom stereocenters. The van der Waals surface area contributed by atoms with E-state index in [9.17, 15) is 4.79 Å². The van der Waals surface area contributed by atoms with Crippen LogP contribution in [-0.2, 0) is 4.79 Å². The van der Waals surface area contributed by atoms with E-state index in [0.717, 1.165) is 23.9 Å². The monoisotopic (exact) mass is 143 g/mol. The number of rotatable bonds is 1. The lowest BCUT2D eigenvalue weighted by Gasteiger charge is -2.29. The molecular formula is C7H15N2O+. The fraction of sp³-hybridized carbons (Fsp3) is 0.857. The number of carbonyl (C=O) groups excluding carboxylic acids is 1. The largest absolute Gasteiger partial charge is 0.365 e. The van der Waals surface area contributed by atoms with Gasteiger partial charge in [0.2, 0.25) is 0 Å². The summed E-state index contributed by atoms with van der Waals surface area (Å²) < 4.78 is 0.773. The number of likely N-dealkylation sites (tertiary alicyclic amines) is 1. The molecule has 0 aromatic rings. The van der Waals surface area contributed by atoms with Gasteiger partial charge in [-0.3, -0.25) is 4.79 Å². The Morgan fingerprint density at radius 1 is 1.60 bits per heavy atom. The van der Waals surface area contributed by atoms with Gasteiger partial charge in [-0.25, -0.2) is 0 Å². The molecule has 0 saturated carbocycles. The molecule has 1 rings (SSSR count). The first-order valence-corrected chi connectivity index (χ1v) is 3.66. The molecular weight excluding hydrogens is 128 g/mol. The van der Waals surface area contributed by atoms with E-state index in [1.807, 2.05) is 0 Å². The van der Waals surface area contributed by atoms with E-state index in [-0.39, 0.29) is 11.9 Å². The first-order valence-electron chi connectivity index (χ1n) is 3.66. The van der Waals surface area contributed by atoms with Crippen LogP contribution in [0.4, 0.5) is 0 Å². The number of likely N-dealkylation sites (N-methyl/N-ethyl adjacent to an activating group) is 1. The van der Waals surface area contributed by atoms with Crippen LogP contribution in [0.1, 0.15) is 12.8 Å². The molecule has 3 nitrogen and oxygen atoms in total. The second kappa shape index (κ2) is 2.23. The van der Waals surface area contributed by atoms with Crippen LogP contribution in [-0.4, -0.2) is 37.1 Å². The molecule has 1 saturated heterocycles. The normalized spacial score (nSPS) is 30.4. The van der Waals surface area contributed by atoms with Gasteiger partial charge in [0.25, 0.3) is 5.91 Å². The van der Waals surface area contributed by atoms with Crippen LogP contribution in [0.2, 0.25) is 0 Å². The second-order valence-electron chi connectivity index (χ2n) is 3.56. The van der Waals surface area contributed by atoms with Crippen molar-refractivity contribution in [3.8, 4) is 0 Å². The molecule has 0 aromatic carbocycles. The van der Waals surface area contributed by atoms with Crippen molar-refractivity contribution in [2.45, 2.75) is 18.9 Å². The molecule has 1 fully saturated rings. The number of hydrogen-bond acceptors (Lipinski definition) is 1. The molecule has 3 heteroatoms. The quantitative estimate of drug-likeness (QED) is 0.504. The first kappa shape index (κ1) is 7.54. The summed E-state index contributed by atoms with van der Waals surface area (Å²) >= 11 is 0. The van der Waals surface area contributed by atoms with Crippen molar-refractivity contribution < 1.29 is 9.28 Å². The lowest BCUT2D eigenvalue weighted by Crippen LogP contribution is -2.50. The fourth-order valence-corrected chi connectivity index (χ4v) is 1.68. The molecule has 0 spiro atoms. The minimum Gasteiger partial charge on any atom is -0.365 e. The van der Waals surface area contributed by atoms with Gasteiger partial charge in [-0.1, -0.05) is 0 Å². The third-order valence-electron chi connectivity index (χ3n) is 2.38. The van der Waals surface area contributed by atoms with Gasteiger partial charge in [-0.05, 0) is 0 Å². The van der Waals surface area contributed by atoms with E-state index >= 15 is 0 Å². The summed E-state index contributed by atoms with van der Waals surface area (Å²) in [6, 6.07) is 0.0556. The molecule has 0 bridgehead atoms. The van der Waals surface area contributed by atoms with Crippen LogP contribution in [0.5, 0.6) is 0 Å². The number of quaternary nitrogens is 1. The standard InChI is InChI=1S/C7H14N2O/c1-9(2)5-3-4-6(9)7(8)10/h6H,3-5H2,1-2H3,(H-,8,10)/p+1. The third kappa shape index (κ3) is 1.14. The van der Waals surface area contributed by atoms with E-state index in [1.165, 1.54) is 0 Å². The Labute approximate surface area is 61.4 Å². The molecule has 10 heavy (non-hydrogen) atoms. The Kier molecular flexibility index (Phi) is 1.68. The summed E-state index contributed by atoms with van der Waals surface area (Å²) in [6.07, 6.45) is 2.09. The van der Waals surface area contributed by atoms with E-state index in [0.29, 0.717) is 0 Å². The van der Waals surface area contributed by atoms with Gasteiger partial charge in [0, 0.05) is 12.8 Å². The molecule has 0 radical (unpaired) electrons. The van der Waals surface area contributed by atoms with Crippen LogP contribution >= 0.6 is 0 Å². The number of nitrogens with zero attached hydrogens (tertiary/aromatic N) is 1. The number of carbonyl (C=O) groups is 1. The average molecular weight is 143 g/mol. The number of amides is 1. The molecule has 1 aliphatic heterocycles. The summed E-state index contributed by atoms with van der Waals surface area (Å²) in [4.78, 5) is 10.8. The van der Waals surface area contributed by atoms with Crippen molar-refractivity contribution in [3.05, 3.63) is 0 Å². The van der Waals surface area contributed by atoms with Gasteiger partial charge in [0.05, 0.1) is 20.6 Å². The maximum Gasteiger partial charge on any atom is 0.275 e. The molecule has 0 aromatic heterocycles. The van der Waals surface area contributed by atoms with Gasteiger partial charge in [0.15, 0.2) is 6.04 Å². The predicted molar refractivity (Wildman–Crippen MR) is 39.2 cm³/mol. The van der Waals surface area contributed by atoms with Crippen LogP contribution in [0.25, 0.3) is 0 Å². The van der Waals surface area contributed by atoms with Crippen molar-refractivity contribution >= 4 is 5.91 Å². The Bertz CT molecular complexity index is 154. The lowest BCUT2D eigenvalue weighted by molar-refractivity contribution is -0.893. The van der Waals surface area contributed by atoms with Crippen LogP contribution in [0.3, 0.4) is 0 Å². The number of primary amides is 1. The van der Waals surface area contributed by atoms with Gasteiger partial charge >= 0.3 is 0 Å². The summed E-state index contributed by atoms with van der Waals surface area (Å²) in [6.45, 7) is 1.08. The molecule has 1 amide bonds. The van der Waals surface area contributed by atoms with E-state index in [1.54, 1.807) is 0 Å². The summed E-state index contributed by atoms with van der Waals surface area (Å²) in [5, 5.41) is 0. The van der Waals surface area contributed by atoms with E-state index in [4.69, 9.17) is 5.73 Å². The molecule has 1 heterocycles. The van der Waals surface area contributed by atoms with Crippen molar-refractivity contribution in [2.75, 3.05) is 20.6 Å². The molecule has 1 atom stereocenters. The Balaban J connectivity index is 2.68. The second-order valence-corrected chi connectivity index (χ2v) is 3.56. The number of hydrogen-bond donors (Lipinski definition) is 1.